The van der Waals surface area contributed by atoms with Crippen LogP contribution in [0.15, 0.2) is 30.3 Å². The van der Waals surface area contributed by atoms with E-state index in [1.165, 1.54) is 11.1 Å². The molecule has 3 heteroatoms. The van der Waals surface area contributed by atoms with Crippen LogP contribution in [0.3, 0.4) is 0 Å². The van der Waals surface area contributed by atoms with Crippen molar-refractivity contribution in [1.29, 1.82) is 0 Å². The van der Waals surface area contributed by atoms with E-state index in [4.69, 9.17) is 0 Å². The first-order valence-electron chi connectivity index (χ1n) is 7.73. The Labute approximate surface area is 128 Å². The lowest BCUT2D eigenvalue weighted by Gasteiger charge is -2.25. The second kappa shape index (κ2) is 6.90. The zero-order valence-corrected chi connectivity index (χ0v) is 13.9. The monoisotopic (exact) mass is 285 g/mol. The van der Waals surface area contributed by atoms with Crippen LogP contribution in [0.25, 0.3) is 10.9 Å². The molecular formula is C18H27N3. The van der Waals surface area contributed by atoms with Crippen molar-refractivity contribution in [1.82, 2.24) is 9.88 Å². The fourth-order valence-electron chi connectivity index (χ4n) is 2.84. The van der Waals surface area contributed by atoms with E-state index in [9.17, 15) is 0 Å². The molecule has 0 aliphatic carbocycles. The quantitative estimate of drug-likeness (QED) is 0.871. The molecule has 0 amide bonds. The molecule has 1 aromatic heterocycles. The van der Waals surface area contributed by atoms with Crippen molar-refractivity contribution < 1.29 is 0 Å². The van der Waals surface area contributed by atoms with Crippen LogP contribution in [0.2, 0.25) is 0 Å². The van der Waals surface area contributed by atoms with E-state index in [-0.39, 0.29) is 0 Å². The number of hydrogen-bond donors (Lipinski definition) is 1. The minimum atomic E-state index is 0.449. The summed E-state index contributed by atoms with van der Waals surface area (Å²) in [4.78, 5) is 6.86. The molecule has 1 heterocycles. The molecular weight excluding hydrogens is 258 g/mol. The Morgan fingerprint density at radius 3 is 2.57 bits per heavy atom. The van der Waals surface area contributed by atoms with Gasteiger partial charge in [0, 0.05) is 29.4 Å². The lowest BCUT2D eigenvalue weighted by molar-refractivity contribution is 0.356. The highest BCUT2D eigenvalue weighted by molar-refractivity contribution is 5.91. The number of nitrogens with one attached hydrogen (secondary N) is 1. The van der Waals surface area contributed by atoms with Crippen LogP contribution < -0.4 is 5.32 Å². The molecule has 0 aliphatic heterocycles. The van der Waals surface area contributed by atoms with Gasteiger partial charge in [-0.15, -0.1) is 0 Å². The summed E-state index contributed by atoms with van der Waals surface area (Å²) in [5.74, 6) is 0.677. The number of benzene rings is 1. The van der Waals surface area contributed by atoms with Crippen molar-refractivity contribution >= 4 is 16.6 Å². The average molecular weight is 285 g/mol. The van der Waals surface area contributed by atoms with E-state index in [2.05, 4.69) is 74.3 Å². The third kappa shape index (κ3) is 4.43. The van der Waals surface area contributed by atoms with Crippen LogP contribution in [0, 0.1) is 12.8 Å². The standard InChI is InChI=1S/C18H27N3/c1-13(2)10-15(12-21(4)5)20-18-11-14(3)19-17-9-7-6-8-16(17)18/h6-9,11,13,15H,10,12H2,1-5H3,(H,19,20). The van der Waals surface area contributed by atoms with Gasteiger partial charge in [0.1, 0.15) is 0 Å². The second-order valence-corrected chi connectivity index (χ2v) is 6.56. The van der Waals surface area contributed by atoms with Gasteiger partial charge in [-0.05, 0) is 45.5 Å². The van der Waals surface area contributed by atoms with Crippen molar-refractivity contribution in [2.45, 2.75) is 33.2 Å². The first-order valence-corrected chi connectivity index (χ1v) is 7.73. The van der Waals surface area contributed by atoms with E-state index in [0.717, 1.165) is 24.2 Å². The summed E-state index contributed by atoms with van der Waals surface area (Å²) in [6.07, 6.45) is 1.16. The Hall–Kier alpha value is -1.61. The van der Waals surface area contributed by atoms with Crippen LogP contribution in [0.4, 0.5) is 5.69 Å². The number of para-hydroxylation sites is 1. The Balaban J connectivity index is 2.31. The highest BCUT2D eigenvalue weighted by atomic mass is 15.1. The van der Waals surface area contributed by atoms with Gasteiger partial charge in [0.05, 0.1) is 5.52 Å². The van der Waals surface area contributed by atoms with Gasteiger partial charge >= 0.3 is 0 Å². The molecule has 1 unspecified atom stereocenters. The number of pyridine rings is 1. The SMILES string of the molecule is Cc1cc(NC(CC(C)C)CN(C)C)c2ccccc2n1. The zero-order chi connectivity index (χ0) is 15.4. The van der Waals surface area contributed by atoms with E-state index in [1.807, 2.05) is 6.07 Å². The van der Waals surface area contributed by atoms with Gasteiger partial charge in [-0.1, -0.05) is 32.0 Å². The molecule has 3 nitrogen and oxygen atoms in total. The summed E-state index contributed by atoms with van der Waals surface area (Å²) >= 11 is 0. The molecule has 0 saturated heterocycles. The molecule has 0 fully saturated rings. The van der Waals surface area contributed by atoms with E-state index in [1.54, 1.807) is 0 Å². The molecule has 21 heavy (non-hydrogen) atoms. The van der Waals surface area contributed by atoms with Gasteiger partial charge < -0.3 is 10.2 Å². The lowest BCUT2D eigenvalue weighted by Crippen LogP contribution is -2.33. The normalized spacial score (nSPS) is 13.1. The molecule has 114 valence electrons. The molecule has 0 bridgehead atoms. The summed E-state index contributed by atoms with van der Waals surface area (Å²) in [6.45, 7) is 7.65. The zero-order valence-electron chi connectivity index (χ0n) is 13.9. The maximum absolute atomic E-state index is 4.62. The number of likely N-dealkylation sites (N-methyl/N-ethyl adjacent to an activating group) is 1. The summed E-state index contributed by atoms with van der Waals surface area (Å²) < 4.78 is 0. The molecule has 0 aliphatic rings. The molecule has 1 aromatic carbocycles. The highest BCUT2D eigenvalue weighted by Gasteiger charge is 2.14. The summed E-state index contributed by atoms with van der Waals surface area (Å²) in [5.41, 5.74) is 3.32. The summed E-state index contributed by atoms with van der Waals surface area (Å²) in [6, 6.07) is 11.0. The topological polar surface area (TPSA) is 28.2 Å². The van der Waals surface area contributed by atoms with E-state index < -0.39 is 0 Å². The van der Waals surface area contributed by atoms with Crippen LogP contribution in [-0.2, 0) is 0 Å². The largest absolute Gasteiger partial charge is 0.380 e. The number of anilines is 1. The number of aromatic nitrogens is 1. The predicted octanol–water partition coefficient (Wildman–Crippen LogP) is 3.93. The van der Waals surface area contributed by atoms with E-state index >= 15 is 0 Å². The van der Waals surface area contributed by atoms with Crippen molar-refractivity contribution in [2.24, 2.45) is 5.92 Å². The summed E-state index contributed by atoms with van der Waals surface area (Å²) in [5, 5.41) is 4.95. The third-order valence-corrected chi connectivity index (χ3v) is 3.55. The van der Waals surface area contributed by atoms with Gasteiger partial charge in [0.2, 0.25) is 0 Å². The summed E-state index contributed by atoms with van der Waals surface area (Å²) in [7, 11) is 4.26. The Kier molecular flexibility index (Phi) is 5.18. The van der Waals surface area contributed by atoms with Gasteiger partial charge in [-0.2, -0.15) is 0 Å². The van der Waals surface area contributed by atoms with Crippen LogP contribution >= 0.6 is 0 Å². The number of aryl methyl sites for hydroxylation is 1. The Morgan fingerprint density at radius 1 is 1.19 bits per heavy atom. The first-order chi connectivity index (χ1) is 9.95. The molecule has 0 spiro atoms. The van der Waals surface area contributed by atoms with Crippen molar-refractivity contribution in [3.8, 4) is 0 Å². The van der Waals surface area contributed by atoms with Gasteiger partial charge in [0.25, 0.3) is 0 Å². The van der Waals surface area contributed by atoms with Crippen LogP contribution in [0.1, 0.15) is 26.0 Å². The molecule has 0 radical (unpaired) electrons. The molecule has 2 aromatic rings. The van der Waals surface area contributed by atoms with Gasteiger partial charge in [-0.3, -0.25) is 4.98 Å². The fourth-order valence-corrected chi connectivity index (χ4v) is 2.84. The number of hydrogen-bond acceptors (Lipinski definition) is 3. The van der Waals surface area contributed by atoms with Gasteiger partial charge in [-0.25, -0.2) is 0 Å². The minimum Gasteiger partial charge on any atom is -0.380 e. The maximum atomic E-state index is 4.62. The average Bonchev–Trinajstić information content (AvgIpc) is 2.36. The number of fused-ring (bicyclic) bond motifs is 1. The number of nitrogens with zero attached hydrogens (tertiary/aromatic N) is 2. The first kappa shape index (κ1) is 15.8. The van der Waals surface area contributed by atoms with Crippen LogP contribution in [-0.4, -0.2) is 36.6 Å². The molecule has 2 rings (SSSR count). The predicted molar refractivity (Wildman–Crippen MR) is 91.9 cm³/mol. The minimum absolute atomic E-state index is 0.449. The second-order valence-electron chi connectivity index (χ2n) is 6.56. The molecule has 1 N–H and O–H groups in total. The van der Waals surface area contributed by atoms with Crippen LogP contribution in [0.5, 0.6) is 0 Å². The van der Waals surface area contributed by atoms with E-state index in [0.29, 0.717) is 12.0 Å². The van der Waals surface area contributed by atoms with Crippen molar-refractivity contribution in [2.75, 3.05) is 26.0 Å². The fraction of sp³-hybridized carbons (Fsp3) is 0.500. The van der Waals surface area contributed by atoms with Crippen molar-refractivity contribution in [3.05, 3.63) is 36.0 Å². The van der Waals surface area contributed by atoms with Gasteiger partial charge in [0.15, 0.2) is 0 Å². The maximum Gasteiger partial charge on any atom is 0.0725 e. The lowest BCUT2D eigenvalue weighted by atomic mass is 10.0. The number of rotatable bonds is 6. The Morgan fingerprint density at radius 2 is 1.90 bits per heavy atom. The van der Waals surface area contributed by atoms with Crippen molar-refractivity contribution in [3.63, 3.8) is 0 Å². The molecule has 1 atom stereocenters. The third-order valence-electron chi connectivity index (χ3n) is 3.55. The highest BCUT2D eigenvalue weighted by Crippen LogP contribution is 2.24. The molecule has 0 saturated carbocycles. The Bertz CT molecular complexity index is 580. The smallest absolute Gasteiger partial charge is 0.0725 e.